The number of dihydropyridines is 1. The first-order valence-corrected chi connectivity index (χ1v) is 6.53. The van der Waals surface area contributed by atoms with Crippen LogP contribution in [-0.4, -0.2) is 24.0 Å². The van der Waals surface area contributed by atoms with Gasteiger partial charge in [-0.2, -0.15) is 0 Å². The van der Waals surface area contributed by atoms with Crippen molar-refractivity contribution >= 4 is 12.2 Å². The molecule has 0 fully saturated rings. The van der Waals surface area contributed by atoms with Crippen molar-refractivity contribution in [3.8, 4) is 0 Å². The van der Waals surface area contributed by atoms with Crippen molar-refractivity contribution in [2.75, 3.05) is 6.73 Å². The number of hydrogen-bond donors (Lipinski definition) is 2. The van der Waals surface area contributed by atoms with Gasteiger partial charge in [0.25, 0.3) is 0 Å². The van der Waals surface area contributed by atoms with Crippen molar-refractivity contribution in [1.29, 1.82) is 0 Å². The lowest BCUT2D eigenvalue weighted by atomic mass is 9.95. The molecule has 0 radical (unpaired) electrons. The van der Waals surface area contributed by atoms with Gasteiger partial charge in [-0.15, -0.1) is 0 Å². The lowest BCUT2D eigenvalue weighted by Crippen LogP contribution is -2.16. The van der Waals surface area contributed by atoms with E-state index < -0.39 is 5.97 Å². The number of carbonyl (C=O) groups is 1. The first-order valence-electron chi connectivity index (χ1n) is 6.53. The predicted octanol–water partition coefficient (Wildman–Crippen LogP) is 2.09. The summed E-state index contributed by atoms with van der Waals surface area (Å²) in [4.78, 5) is 14.8. The summed E-state index contributed by atoms with van der Waals surface area (Å²) >= 11 is 0. The molecular weight excluding hydrogens is 244 g/mol. The zero-order chi connectivity index (χ0) is 13.2. The number of aliphatic imine (C=N–C) groups is 1. The highest BCUT2D eigenvalue weighted by atomic mass is 16.5. The zero-order valence-corrected chi connectivity index (χ0v) is 10.6. The van der Waals surface area contributed by atoms with Gasteiger partial charge in [-0.1, -0.05) is 0 Å². The lowest BCUT2D eigenvalue weighted by molar-refractivity contribution is -0.137. The summed E-state index contributed by atoms with van der Waals surface area (Å²) in [6, 6.07) is 0. The molecule has 5 heteroatoms. The van der Waals surface area contributed by atoms with Gasteiger partial charge in [0.1, 0.15) is 5.76 Å². The van der Waals surface area contributed by atoms with Crippen LogP contribution in [0.4, 0.5) is 0 Å². The third-order valence-electron chi connectivity index (χ3n) is 3.60. The van der Waals surface area contributed by atoms with Crippen LogP contribution in [0.5, 0.6) is 0 Å². The van der Waals surface area contributed by atoms with Crippen LogP contribution in [0.1, 0.15) is 32.1 Å². The number of ether oxygens (including phenoxy) is 1. The Labute approximate surface area is 111 Å². The van der Waals surface area contributed by atoms with Crippen LogP contribution < -0.4 is 5.32 Å². The summed E-state index contributed by atoms with van der Waals surface area (Å²) in [6.07, 6.45) is 7.29. The third-order valence-corrected chi connectivity index (χ3v) is 3.60. The minimum atomic E-state index is -0.742. The maximum Gasteiger partial charge on any atom is 0.303 e. The molecule has 0 atom stereocenters. The summed E-state index contributed by atoms with van der Waals surface area (Å²) in [7, 11) is 0. The molecular formula is C14H16N2O3. The van der Waals surface area contributed by atoms with Crippen molar-refractivity contribution in [1.82, 2.24) is 5.32 Å². The van der Waals surface area contributed by atoms with Gasteiger partial charge in [0.2, 0.25) is 0 Å². The summed E-state index contributed by atoms with van der Waals surface area (Å²) in [6.45, 7) is 0.387. The summed E-state index contributed by atoms with van der Waals surface area (Å²) in [5.41, 5.74) is 4.65. The maximum absolute atomic E-state index is 10.6. The molecule has 0 saturated carbocycles. The van der Waals surface area contributed by atoms with Crippen LogP contribution in [0.2, 0.25) is 0 Å². The highest BCUT2D eigenvalue weighted by molar-refractivity contribution is 5.89. The fraction of sp³-hybridized carbons (Fsp3) is 0.429. The molecule has 0 aromatic heterocycles. The highest BCUT2D eigenvalue weighted by Crippen LogP contribution is 2.41. The average Bonchev–Trinajstić information content (AvgIpc) is 2.69. The van der Waals surface area contributed by atoms with E-state index in [0.717, 1.165) is 36.3 Å². The molecule has 0 aromatic carbocycles. The van der Waals surface area contributed by atoms with Gasteiger partial charge in [-0.3, -0.25) is 9.79 Å². The van der Waals surface area contributed by atoms with Crippen molar-refractivity contribution in [2.45, 2.75) is 32.1 Å². The van der Waals surface area contributed by atoms with E-state index in [0.29, 0.717) is 13.2 Å². The van der Waals surface area contributed by atoms with Gasteiger partial charge >= 0.3 is 5.97 Å². The number of hydrogen-bond acceptors (Lipinski definition) is 4. The first kappa shape index (κ1) is 12.0. The smallest absolute Gasteiger partial charge is 0.303 e. The van der Waals surface area contributed by atoms with Crippen LogP contribution in [0.3, 0.4) is 0 Å². The fourth-order valence-corrected chi connectivity index (χ4v) is 2.75. The second-order valence-electron chi connectivity index (χ2n) is 4.83. The molecule has 5 nitrogen and oxygen atoms in total. The summed E-state index contributed by atoms with van der Waals surface area (Å²) in [5, 5.41) is 12.0. The molecule has 2 N–H and O–H groups in total. The molecule has 0 amide bonds. The molecule has 3 rings (SSSR count). The summed E-state index contributed by atoms with van der Waals surface area (Å²) < 4.78 is 5.64. The van der Waals surface area contributed by atoms with Crippen molar-refractivity contribution in [3.63, 3.8) is 0 Å². The molecule has 2 aliphatic heterocycles. The molecule has 19 heavy (non-hydrogen) atoms. The Morgan fingerprint density at radius 1 is 1.47 bits per heavy atom. The Balaban J connectivity index is 1.82. The lowest BCUT2D eigenvalue weighted by Gasteiger charge is -2.20. The second-order valence-corrected chi connectivity index (χ2v) is 4.83. The first-order chi connectivity index (χ1) is 9.25. The third kappa shape index (κ3) is 2.28. The number of allylic oxidation sites excluding steroid dienone is 5. The topological polar surface area (TPSA) is 70.9 Å². The Kier molecular flexibility index (Phi) is 3.11. The normalized spacial score (nSPS) is 20.5. The van der Waals surface area contributed by atoms with E-state index in [-0.39, 0.29) is 6.42 Å². The van der Waals surface area contributed by atoms with E-state index in [2.05, 4.69) is 10.3 Å². The summed E-state index contributed by atoms with van der Waals surface area (Å²) in [5.74, 6) is 0.282. The molecule has 2 heterocycles. The number of nitrogens with zero attached hydrogens (tertiary/aromatic N) is 1. The number of carboxylic acid groups (broad SMARTS) is 1. The molecule has 0 bridgehead atoms. The van der Waals surface area contributed by atoms with E-state index in [9.17, 15) is 4.79 Å². The predicted molar refractivity (Wildman–Crippen MR) is 70.4 cm³/mol. The molecule has 100 valence electrons. The van der Waals surface area contributed by atoms with Gasteiger partial charge < -0.3 is 15.2 Å². The molecule has 1 aliphatic carbocycles. The van der Waals surface area contributed by atoms with Crippen LogP contribution in [0.15, 0.2) is 39.4 Å². The molecule has 3 aliphatic rings. The fourth-order valence-electron chi connectivity index (χ4n) is 2.75. The molecule has 0 aromatic rings. The van der Waals surface area contributed by atoms with E-state index in [1.807, 2.05) is 12.4 Å². The van der Waals surface area contributed by atoms with E-state index in [1.165, 1.54) is 11.1 Å². The Hall–Kier alpha value is -2.04. The second kappa shape index (κ2) is 4.91. The van der Waals surface area contributed by atoms with Gasteiger partial charge in [0.05, 0.1) is 0 Å². The Morgan fingerprint density at radius 2 is 2.37 bits per heavy atom. The number of carboxylic acids is 1. The van der Waals surface area contributed by atoms with Crippen LogP contribution in [0, 0.1) is 0 Å². The van der Waals surface area contributed by atoms with Crippen LogP contribution in [-0.2, 0) is 9.53 Å². The minimum Gasteiger partial charge on any atom is -0.481 e. The van der Waals surface area contributed by atoms with Crippen molar-refractivity contribution in [2.24, 2.45) is 4.99 Å². The largest absolute Gasteiger partial charge is 0.481 e. The quantitative estimate of drug-likeness (QED) is 0.812. The van der Waals surface area contributed by atoms with Crippen molar-refractivity contribution in [3.05, 3.63) is 34.4 Å². The van der Waals surface area contributed by atoms with Gasteiger partial charge in [0.15, 0.2) is 6.73 Å². The van der Waals surface area contributed by atoms with Crippen molar-refractivity contribution < 1.29 is 14.6 Å². The van der Waals surface area contributed by atoms with E-state index in [4.69, 9.17) is 9.84 Å². The monoisotopic (exact) mass is 260 g/mol. The van der Waals surface area contributed by atoms with Gasteiger partial charge in [-0.05, 0) is 24.8 Å². The SMILES string of the molecule is O=C(O)CCCC1=C2CCC3=C2C(=CN1)C=NCO3. The molecule has 0 spiro atoms. The van der Waals surface area contributed by atoms with Gasteiger partial charge in [-0.25, -0.2) is 0 Å². The van der Waals surface area contributed by atoms with Crippen LogP contribution in [0.25, 0.3) is 0 Å². The number of aliphatic carboxylic acids is 1. The maximum atomic E-state index is 10.6. The number of rotatable bonds is 4. The van der Waals surface area contributed by atoms with E-state index in [1.54, 1.807) is 0 Å². The average molecular weight is 260 g/mol. The minimum absolute atomic E-state index is 0.207. The Morgan fingerprint density at radius 3 is 3.21 bits per heavy atom. The van der Waals surface area contributed by atoms with E-state index >= 15 is 0 Å². The highest BCUT2D eigenvalue weighted by Gasteiger charge is 2.29. The molecule has 0 saturated heterocycles. The standard InChI is InChI=1S/C14H16N2O3/c17-13(18)3-1-2-11-10-4-5-12-14(10)9(7-16-11)6-15-8-19-12/h6-7,16H,1-5,8H2,(H,17,18). The van der Waals surface area contributed by atoms with Crippen LogP contribution >= 0.6 is 0 Å². The number of nitrogens with one attached hydrogen (secondary N) is 1. The molecule has 0 unspecified atom stereocenters. The van der Waals surface area contributed by atoms with Gasteiger partial charge in [0, 0.05) is 42.1 Å². The zero-order valence-electron chi connectivity index (χ0n) is 10.6. The Bertz CT molecular complexity index is 541.